The molecule has 5 nitrogen and oxygen atoms in total. The van der Waals surface area contributed by atoms with Crippen molar-refractivity contribution in [3.8, 4) is 0 Å². The van der Waals surface area contributed by atoms with Crippen molar-refractivity contribution in [2.45, 2.75) is 54.9 Å². The maximum atomic E-state index is 13.1. The van der Waals surface area contributed by atoms with E-state index in [0.717, 1.165) is 72.7 Å². The zero-order valence-corrected chi connectivity index (χ0v) is 22.9. The average Bonchev–Trinajstić information content (AvgIpc) is 3.52. The van der Waals surface area contributed by atoms with Gasteiger partial charge in [0.15, 0.2) is 5.78 Å². The van der Waals surface area contributed by atoms with Crippen molar-refractivity contribution in [3.63, 3.8) is 0 Å². The van der Waals surface area contributed by atoms with Crippen LogP contribution in [-0.4, -0.2) is 28.8 Å². The van der Waals surface area contributed by atoms with E-state index in [-0.39, 0.29) is 40.7 Å². The maximum Gasteiger partial charge on any atom is 2.00 e. The largest absolute Gasteiger partial charge is 2.00 e. The van der Waals surface area contributed by atoms with Crippen LogP contribution in [0.3, 0.4) is 0 Å². The average molecular weight is 473 g/mol. The van der Waals surface area contributed by atoms with Gasteiger partial charge in [-0.15, -0.1) is 33.5 Å². The summed E-state index contributed by atoms with van der Waals surface area (Å²) in [6, 6.07) is 0. The van der Waals surface area contributed by atoms with E-state index in [2.05, 4.69) is 53.7 Å². The molecule has 6 heteroatoms. The number of hydrogen-bond donors (Lipinski definition) is 0. The maximum absolute atomic E-state index is 13.1. The quantitative estimate of drug-likeness (QED) is 0.468. The molecular weight excluding hydrogens is 445 g/mol. The predicted octanol–water partition coefficient (Wildman–Crippen LogP) is 3.69. The molecule has 2 aliphatic heterocycles. The summed E-state index contributed by atoms with van der Waals surface area (Å²) in [5.74, 6) is 0.597. The van der Waals surface area contributed by atoms with Gasteiger partial charge >= 0.3 is 23.1 Å². The second-order valence-electron chi connectivity index (χ2n) is 10.1. The molecule has 0 saturated carbocycles. The number of aromatic nitrogens is 3. The minimum atomic E-state index is 0. The Labute approximate surface area is 222 Å². The fourth-order valence-corrected chi connectivity index (χ4v) is 5.48. The Morgan fingerprint density at radius 1 is 0.714 bits per heavy atom. The third-order valence-electron chi connectivity index (χ3n) is 8.31. The van der Waals surface area contributed by atoms with Gasteiger partial charge in [-0.1, -0.05) is 65.5 Å². The molecule has 1 saturated heterocycles. The van der Waals surface area contributed by atoms with Crippen LogP contribution in [0.15, 0.2) is 11.4 Å². The second-order valence-corrected chi connectivity index (χ2v) is 10.1. The fourth-order valence-electron chi connectivity index (χ4n) is 5.48. The van der Waals surface area contributed by atoms with Gasteiger partial charge in [0, 0.05) is 12.0 Å². The summed E-state index contributed by atoms with van der Waals surface area (Å²) >= 11 is 0. The number of nitrogens with zero attached hydrogens (tertiary/aromatic N) is 4. The minimum absolute atomic E-state index is 0. The van der Waals surface area contributed by atoms with E-state index < -0.39 is 0 Å². The number of carbonyl (C=O) groups excluding carboxylic acids is 1. The molecule has 3 aliphatic rings. The Morgan fingerprint density at radius 3 is 1.91 bits per heavy atom. The Bertz CT molecular complexity index is 1600. The van der Waals surface area contributed by atoms with Gasteiger partial charge in [0.2, 0.25) is 0 Å². The molecule has 0 amide bonds. The van der Waals surface area contributed by atoms with Crippen LogP contribution in [0.4, 0.5) is 0 Å². The summed E-state index contributed by atoms with van der Waals surface area (Å²) in [6.45, 7) is 14.9. The number of hydrogen-bond acceptors (Lipinski definition) is 1. The van der Waals surface area contributed by atoms with Crippen molar-refractivity contribution in [3.05, 3.63) is 83.6 Å². The first kappa shape index (κ1) is 24.0. The van der Waals surface area contributed by atoms with Crippen LogP contribution >= 0.6 is 0 Å². The van der Waals surface area contributed by atoms with Gasteiger partial charge < -0.3 is 20.3 Å². The molecule has 0 N–H and O–H groups in total. The van der Waals surface area contributed by atoms with Crippen molar-refractivity contribution < 1.29 is 4.79 Å². The Balaban J connectivity index is 0.00000253. The molecule has 1 aliphatic carbocycles. The molecule has 0 spiro atoms. The van der Waals surface area contributed by atoms with Crippen LogP contribution < -0.4 is 25.7 Å². The van der Waals surface area contributed by atoms with Crippen LogP contribution in [0.2, 0.25) is 0 Å². The van der Waals surface area contributed by atoms with Gasteiger partial charge in [-0.25, -0.2) is 0 Å². The van der Waals surface area contributed by atoms with Crippen LogP contribution in [-0.2, 0) is 0 Å². The summed E-state index contributed by atoms with van der Waals surface area (Å²) in [5.41, 5.74) is 12.9. The van der Waals surface area contributed by atoms with Crippen LogP contribution in [0.25, 0.3) is 29.1 Å². The number of allylic oxidation sites excluding steroid dienone is 3. The Hall–Kier alpha value is -2.70. The number of rotatable bonds is 0. The summed E-state index contributed by atoms with van der Waals surface area (Å²) in [7, 11) is 0. The van der Waals surface area contributed by atoms with Crippen LogP contribution in [0.1, 0.15) is 81.2 Å². The van der Waals surface area contributed by atoms with Crippen LogP contribution in [0.5, 0.6) is 0 Å². The second kappa shape index (κ2) is 8.17. The molecule has 5 heterocycles. The van der Waals surface area contributed by atoms with Gasteiger partial charge in [0.25, 0.3) is 0 Å². The summed E-state index contributed by atoms with van der Waals surface area (Å²) < 4.78 is 0. The van der Waals surface area contributed by atoms with Crippen molar-refractivity contribution in [1.29, 1.82) is 0 Å². The number of Topliss-reactive ketones (excluding diaryl/α,β-unsaturated/α-hetero) is 1. The molecule has 1 fully saturated rings. The zero-order chi connectivity index (χ0) is 24.0. The first-order chi connectivity index (χ1) is 16.2. The third-order valence-corrected chi connectivity index (χ3v) is 8.31. The van der Waals surface area contributed by atoms with Gasteiger partial charge in [0.05, 0.1) is 0 Å². The van der Waals surface area contributed by atoms with Gasteiger partial charge in [0.1, 0.15) is 0 Å². The monoisotopic (exact) mass is 472 g/mol. The molecule has 35 heavy (non-hydrogen) atoms. The first-order valence-electron chi connectivity index (χ1n) is 12.0. The number of carbonyl (C=O) groups is 1. The molecule has 8 bridgehead atoms. The Kier molecular flexibility index (Phi) is 5.60. The summed E-state index contributed by atoms with van der Waals surface area (Å²) in [5, 5.41) is 6.91. The van der Waals surface area contributed by atoms with Crippen molar-refractivity contribution in [1.82, 2.24) is 15.0 Å². The van der Waals surface area contributed by atoms with E-state index in [1.54, 1.807) is 0 Å². The first-order valence-corrected chi connectivity index (χ1v) is 12.0. The number of fused-ring (bicyclic) bond motifs is 7. The molecular formula is C29H28MgN4O-2. The number of ketones is 1. The van der Waals surface area contributed by atoms with E-state index in [4.69, 9.17) is 20.3 Å². The van der Waals surface area contributed by atoms with Crippen molar-refractivity contribution in [2.24, 2.45) is 11.8 Å². The smallest absolute Gasteiger partial charge is 0.664 e. The summed E-state index contributed by atoms with van der Waals surface area (Å²) in [6.07, 6.45) is 6.62. The van der Waals surface area contributed by atoms with E-state index in [9.17, 15) is 4.79 Å². The molecule has 0 aromatic carbocycles. The topological polar surface area (TPSA) is 73.5 Å². The molecule has 0 radical (unpaired) electrons. The Morgan fingerprint density at radius 2 is 1.29 bits per heavy atom. The van der Waals surface area contributed by atoms with Gasteiger partial charge in [-0.05, 0) is 46.5 Å². The molecule has 174 valence electrons. The molecule has 2 atom stereocenters. The summed E-state index contributed by atoms with van der Waals surface area (Å²) in [4.78, 5) is 28.0. The van der Waals surface area contributed by atoms with Gasteiger partial charge in [-0.2, -0.15) is 11.4 Å². The molecule has 6 rings (SSSR count). The third kappa shape index (κ3) is 3.37. The van der Waals surface area contributed by atoms with Crippen LogP contribution in [0, 0.1) is 46.5 Å². The molecule has 3 aromatic rings. The van der Waals surface area contributed by atoms with Crippen molar-refractivity contribution >= 4 is 52.6 Å². The van der Waals surface area contributed by atoms with E-state index in [1.165, 1.54) is 11.1 Å². The van der Waals surface area contributed by atoms with E-state index in [0.29, 0.717) is 6.42 Å². The normalized spacial score (nSPS) is 25.8. The van der Waals surface area contributed by atoms with Gasteiger partial charge in [-0.3, -0.25) is 4.79 Å². The predicted molar refractivity (Wildman–Crippen MR) is 141 cm³/mol. The fraction of sp³-hybridized carbons (Fsp3) is 0.345. The molecule has 0 unspecified atom stereocenters. The van der Waals surface area contributed by atoms with Crippen molar-refractivity contribution in [2.75, 3.05) is 0 Å². The minimum Gasteiger partial charge on any atom is -0.664 e. The SMILES string of the molecule is Cc1c2[n-]c(c1C)/C=c1\[n-]/c(c(C)c1C)=C\c1[n-]c3c(c1C)C(=O)C/C3=C1/[N-]/C(=C\2)[C@@H](C)[C@@H]1C.[Mg+2]. The van der Waals surface area contributed by atoms with E-state index in [1.807, 2.05) is 13.0 Å². The van der Waals surface area contributed by atoms with E-state index >= 15 is 0 Å². The standard InChI is InChI=1S/C29H29N4O.Mg/c1-12-14(3)22-10-24-16(5)17(6)28(32-24)19-8-26(34)27-18(7)25(33-29(19)27)11-23-15(4)13(2)21(31-23)9-20(12)30-22;/h9-11,16-17H,8H2,1-7H3,(H-,32,33,34);/q-3;+2/p-1/b21-9-,23-11-,24-10-;/t16-,17-;/m0./s1. The molecule has 3 aromatic heterocycles. The zero-order valence-electron chi connectivity index (χ0n) is 21.5.